The van der Waals surface area contributed by atoms with Gasteiger partial charge in [-0.05, 0) is 42.6 Å². The largest absolute Gasteiger partial charge is 0.377 e. The molecule has 1 aromatic heterocycles. The molecule has 3 aromatic rings. The van der Waals surface area contributed by atoms with Gasteiger partial charge in [-0.15, -0.1) is 11.3 Å². The van der Waals surface area contributed by atoms with Gasteiger partial charge in [-0.25, -0.2) is 0 Å². The third kappa shape index (κ3) is 2.87. The lowest BCUT2D eigenvalue weighted by molar-refractivity contribution is 0.908. The van der Waals surface area contributed by atoms with Gasteiger partial charge in [0.25, 0.3) is 0 Å². The van der Waals surface area contributed by atoms with Crippen molar-refractivity contribution in [3.8, 4) is 6.07 Å². The molecule has 21 heavy (non-hydrogen) atoms. The maximum absolute atomic E-state index is 9.18. The van der Waals surface area contributed by atoms with E-state index in [4.69, 9.17) is 11.6 Å². The van der Waals surface area contributed by atoms with Crippen LogP contribution in [0.4, 0.5) is 5.69 Å². The molecule has 0 aliphatic carbocycles. The van der Waals surface area contributed by atoms with E-state index < -0.39 is 0 Å². The van der Waals surface area contributed by atoms with Gasteiger partial charge in [0, 0.05) is 14.6 Å². The van der Waals surface area contributed by atoms with Gasteiger partial charge < -0.3 is 5.32 Å². The zero-order chi connectivity index (χ0) is 14.8. The number of rotatable bonds is 3. The molecule has 1 N–H and O–H groups in total. The van der Waals surface area contributed by atoms with Gasteiger partial charge in [-0.1, -0.05) is 29.8 Å². The SMILES string of the molecule is CC(Nc1cc(Cl)ccc1C#N)c1cc2ccccc2s1. The summed E-state index contributed by atoms with van der Waals surface area (Å²) in [4.78, 5) is 1.24. The molecule has 1 unspecified atom stereocenters. The summed E-state index contributed by atoms with van der Waals surface area (Å²) < 4.78 is 1.27. The van der Waals surface area contributed by atoms with Crippen LogP contribution in [0, 0.1) is 11.3 Å². The first-order valence-corrected chi connectivity index (χ1v) is 7.81. The fraction of sp³-hybridized carbons (Fsp3) is 0.118. The molecule has 4 heteroatoms. The third-order valence-electron chi connectivity index (χ3n) is 3.35. The highest BCUT2D eigenvalue weighted by molar-refractivity contribution is 7.19. The van der Waals surface area contributed by atoms with E-state index in [-0.39, 0.29) is 6.04 Å². The second kappa shape index (κ2) is 5.77. The predicted molar refractivity (Wildman–Crippen MR) is 90.0 cm³/mol. The van der Waals surface area contributed by atoms with Crippen molar-refractivity contribution in [2.24, 2.45) is 0 Å². The monoisotopic (exact) mass is 312 g/mol. The first-order valence-electron chi connectivity index (χ1n) is 6.62. The van der Waals surface area contributed by atoms with Crippen LogP contribution >= 0.6 is 22.9 Å². The molecular formula is C17H13ClN2S. The van der Waals surface area contributed by atoms with Crippen LogP contribution in [0.1, 0.15) is 23.4 Å². The summed E-state index contributed by atoms with van der Waals surface area (Å²) in [5, 5.41) is 14.4. The molecule has 0 amide bonds. The zero-order valence-corrected chi connectivity index (χ0v) is 13.0. The molecule has 0 saturated heterocycles. The fourth-order valence-corrected chi connectivity index (χ4v) is 3.49. The summed E-state index contributed by atoms with van der Waals surface area (Å²) in [6.07, 6.45) is 0. The van der Waals surface area contributed by atoms with E-state index in [0.29, 0.717) is 10.6 Å². The molecule has 0 radical (unpaired) electrons. The van der Waals surface area contributed by atoms with Crippen LogP contribution in [-0.4, -0.2) is 0 Å². The second-order valence-electron chi connectivity index (χ2n) is 4.85. The summed E-state index contributed by atoms with van der Waals surface area (Å²) in [5.41, 5.74) is 1.38. The van der Waals surface area contributed by atoms with Gasteiger partial charge in [0.15, 0.2) is 0 Å². The Hall–Kier alpha value is -2.02. The lowest BCUT2D eigenvalue weighted by atomic mass is 10.1. The van der Waals surface area contributed by atoms with Gasteiger partial charge in [0.2, 0.25) is 0 Å². The van der Waals surface area contributed by atoms with E-state index >= 15 is 0 Å². The normalized spacial score (nSPS) is 12.0. The molecule has 0 fully saturated rings. The van der Waals surface area contributed by atoms with Gasteiger partial charge in [-0.2, -0.15) is 5.26 Å². The van der Waals surface area contributed by atoms with Crippen molar-refractivity contribution >= 4 is 38.7 Å². The summed E-state index contributed by atoms with van der Waals surface area (Å²) >= 11 is 7.78. The van der Waals surface area contributed by atoms with Crippen molar-refractivity contribution < 1.29 is 0 Å². The number of fused-ring (bicyclic) bond motifs is 1. The molecule has 3 rings (SSSR count). The third-order valence-corrected chi connectivity index (χ3v) is 4.88. The summed E-state index contributed by atoms with van der Waals surface area (Å²) in [5.74, 6) is 0. The van der Waals surface area contributed by atoms with Gasteiger partial charge >= 0.3 is 0 Å². The van der Waals surface area contributed by atoms with E-state index in [0.717, 1.165) is 5.69 Å². The highest BCUT2D eigenvalue weighted by atomic mass is 35.5. The molecule has 1 heterocycles. The Morgan fingerprint density at radius 2 is 2.00 bits per heavy atom. The van der Waals surface area contributed by atoms with E-state index in [1.807, 2.05) is 12.1 Å². The topological polar surface area (TPSA) is 35.8 Å². The van der Waals surface area contributed by atoms with Crippen LogP contribution in [-0.2, 0) is 0 Å². The molecule has 104 valence electrons. The van der Waals surface area contributed by atoms with Crippen molar-refractivity contribution in [1.29, 1.82) is 5.26 Å². The number of halogens is 1. The molecule has 1 atom stereocenters. The summed E-state index contributed by atoms with van der Waals surface area (Å²) in [7, 11) is 0. The van der Waals surface area contributed by atoms with Crippen LogP contribution in [0.25, 0.3) is 10.1 Å². The Labute approximate surface area is 132 Å². The van der Waals surface area contributed by atoms with E-state index in [9.17, 15) is 5.26 Å². The number of hydrogen-bond acceptors (Lipinski definition) is 3. The number of benzene rings is 2. The van der Waals surface area contributed by atoms with Crippen LogP contribution in [0.2, 0.25) is 5.02 Å². The smallest absolute Gasteiger partial charge is 0.101 e. The highest BCUT2D eigenvalue weighted by Crippen LogP contribution is 2.32. The first-order chi connectivity index (χ1) is 10.2. The minimum atomic E-state index is 0.118. The standard InChI is InChI=1S/C17H13ClN2S/c1-11(17-8-12-4-2-3-5-16(12)21-17)20-15-9-14(18)7-6-13(15)10-19/h2-9,11,20H,1H3. The first kappa shape index (κ1) is 13.9. The van der Waals surface area contributed by atoms with Crippen LogP contribution in [0.5, 0.6) is 0 Å². The quantitative estimate of drug-likeness (QED) is 0.683. The van der Waals surface area contributed by atoms with Crippen LogP contribution in [0.15, 0.2) is 48.5 Å². The number of hydrogen-bond donors (Lipinski definition) is 1. The molecule has 0 bridgehead atoms. The van der Waals surface area contributed by atoms with Crippen molar-refractivity contribution in [2.45, 2.75) is 13.0 Å². The van der Waals surface area contributed by atoms with Gasteiger partial charge in [0.1, 0.15) is 6.07 Å². The van der Waals surface area contributed by atoms with Crippen molar-refractivity contribution in [2.75, 3.05) is 5.32 Å². The van der Waals surface area contributed by atoms with Crippen molar-refractivity contribution in [1.82, 2.24) is 0 Å². The van der Waals surface area contributed by atoms with Gasteiger partial charge in [0.05, 0.1) is 17.3 Å². The highest BCUT2D eigenvalue weighted by Gasteiger charge is 2.12. The predicted octanol–water partition coefficient (Wildman–Crippen LogP) is 5.60. The Kier molecular flexibility index (Phi) is 3.83. The fourth-order valence-electron chi connectivity index (χ4n) is 2.25. The molecule has 0 spiro atoms. The number of nitrogens with zero attached hydrogens (tertiary/aromatic N) is 1. The molecule has 0 saturated carbocycles. The van der Waals surface area contributed by atoms with Crippen LogP contribution in [0.3, 0.4) is 0 Å². The van der Waals surface area contributed by atoms with Crippen molar-refractivity contribution in [3.05, 3.63) is 64.0 Å². The number of nitrogens with one attached hydrogen (secondary N) is 1. The average Bonchev–Trinajstić information content (AvgIpc) is 2.91. The number of nitriles is 1. The van der Waals surface area contributed by atoms with E-state index in [1.54, 1.807) is 29.5 Å². The minimum Gasteiger partial charge on any atom is -0.377 e. The molecular weight excluding hydrogens is 300 g/mol. The van der Waals surface area contributed by atoms with E-state index in [2.05, 4.69) is 36.5 Å². The second-order valence-corrected chi connectivity index (χ2v) is 6.41. The maximum Gasteiger partial charge on any atom is 0.101 e. The lowest BCUT2D eigenvalue weighted by Gasteiger charge is -2.15. The van der Waals surface area contributed by atoms with E-state index in [1.165, 1.54) is 15.0 Å². The Morgan fingerprint density at radius 3 is 2.76 bits per heavy atom. The van der Waals surface area contributed by atoms with Crippen LogP contribution < -0.4 is 5.32 Å². The lowest BCUT2D eigenvalue weighted by Crippen LogP contribution is -2.06. The summed E-state index contributed by atoms with van der Waals surface area (Å²) in [6, 6.07) is 18.1. The molecule has 2 aromatic carbocycles. The maximum atomic E-state index is 9.18. The number of thiophene rings is 1. The average molecular weight is 313 g/mol. The Bertz CT molecular complexity index is 799. The zero-order valence-electron chi connectivity index (χ0n) is 11.4. The molecule has 0 aliphatic rings. The van der Waals surface area contributed by atoms with Gasteiger partial charge in [-0.3, -0.25) is 0 Å². The molecule has 2 nitrogen and oxygen atoms in total. The number of anilines is 1. The minimum absolute atomic E-state index is 0.118. The van der Waals surface area contributed by atoms with Crippen molar-refractivity contribution in [3.63, 3.8) is 0 Å². The summed E-state index contributed by atoms with van der Waals surface area (Å²) in [6.45, 7) is 2.09. The molecule has 0 aliphatic heterocycles. The Morgan fingerprint density at radius 1 is 1.19 bits per heavy atom. The Balaban J connectivity index is 1.91.